The van der Waals surface area contributed by atoms with Crippen molar-refractivity contribution in [2.75, 3.05) is 13.1 Å². The quantitative estimate of drug-likeness (QED) is 0.886. The van der Waals surface area contributed by atoms with Crippen molar-refractivity contribution in [3.05, 3.63) is 24.5 Å². The lowest BCUT2D eigenvalue weighted by molar-refractivity contribution is -0.139. The van der Waals surface area contributed by atoms with Crippen LogP contribution in [0, 0.1) is 0 Å². The predicted octanol–water partition coefficient (Wildman–Crippen LogP) is 1.06. The van der Waals surface area contributed by atoms with Crippen LogP contribution in [0.1, 0.15) is 20.8 Å². The zero-order valence-corrected chi connectivity index (χ0v) is 11.7. The average Bonchev–Trinajstić information content (AvgIpc) is 2.37. The van der Waals surface area contributed by atoms with Gasteiger partial charge in [-0.15, -0.1) is 0 Å². The van der Waals surface area contributed by atoms with Gasteiger partial charge in [-0.1, -0.05) is 0 Å². The molecule has 19 heavy (non-hydrogen) atoms. The van der Waals surface area contributed by atoms with E-state index in [1.54, 1.807) is 31.5 Å². The topological polar surface area (TPSA) is 54.5 Å². The number of aromatic nitrogens is 1. The van der Waals surface area contributed by atoms with E-state index in [1.165, 1.54) is 0 Å². The normalized spacial score (nSPS) is 24.9. The number of carbonyl (C=O) groups is 1. The molecule has 1 aromatic rings. The maximum atomic E-state index is 12.3. The van der Waals surface area contributed by atoms with Crippen molar-refractivity contribution in [2.24, 2.45) is 0 Å². The van der Waals surface area contributed by atoms with E-state index in [1.807, 2.05) is 4.90 Å². The van der Waals surface area contributed by atoms with Gasteiger partial charge in [-0.25, -0.2) is 0 Å². The Kier molecular flexibility index (Phi) is 4.37. The molecule has 5 heteroatoms. The SMILES string of the molecule is CC1CN(C(=O)C(C)Oc2cccnc2)CC(C)N1. The van der Waals surface area contributed by atoms with Gasteiger partial charge in [0.05, 0.1) is 6.20 Å². The summed E-state index contributed by atoms with van der Waals surface area (Å²) in [6.45, 7) is 7.41. The molecule has 1 aromatic heterocycles. The summed E-state index contributed by atoms with van der Waals surface area (Å²) in [5.41, 5.74) is 0. The third kappa shape index (κ3) is 3.67. The Hall–Kier alpha value is -1.62. The minimum atomic E-state index is -0.485. The van der Waals surface area contributed by atoms with E-state index >= 15 is 0 Å². The number of carbonyl (C=O) groups excluding carboxylic acids is 1. The largest absolute Gasteiger partial charge is 0.479 e. The van der Waals surface area contributed by atoms with Crippen LogP contribution in [0.25, 0.3) is 0 Å². The number of nitrogens with one attached hydrogen (secondary N) is 1. The number of hydrogen-bond acceptors (Lipinski definition) is 4. The molecule has 3 atom stereocenters. The average molecular weight is 263 g/mol. The Balaban J connectivity index is 1.95. The van der Waals surface area contributed by atoms with Gasteiger partial charge in [-0.05, 0) is 32.9 Å². The van der Waals surface area contributed by atoms with Gasteiger partial charge in [-0.2, -0.15) is 0 Å². The fraction of sp³-hybridized carbons (Fsp3) is 0.571. The molecule has 0 saturated carbocycles. The van der Waals surface area contributed by atoms with E-state index in [2.05, 4.69) is 24.1 Å². The molecule has 5 nitrogen and oxygen atoms in total. The zero-order chi connectivity index (χ0) is 13.8. The molecule has 104 valence electrons. The van der Waals surface area contributed by atoms with Crippen molar-refractivity contribution in [1.29, 1.82) is 0 Å². The van der Waals surface area contributed by atoms with E-state index in [0.29, 0.717) is 17.8 Å². The van der Waals surface area contributed by atoms with Gasteiger partial charge in [0.15, 0.2) is 6.10 Å². The summed E-state index contributed by atoms with van der Waals surface area (Å²) in [5, 5.41) is 3.41. The Morgan fingerprint density at radius 3 is 2.74 bits per heavy atom. The van der Waals surface area contributed by atoms with E-state index < -0.39 is 6.10 Å². The Morgan fingerprint density at radius 2 is 2.16 bits per heavy atom. The maximum absolute atomic E-state index is 12.3. The monoisotopic (exact) mass is 263 g/mol. The van der Waals surface area contributed by atoms with E-state index in [4.69, 9.17) is 4.74 Å². The highest BCUT2D eigenvalue weighted by atomic mass is 16.5. The lowest BCUT2D eigenvalue weighted by atomic mass is 10.1. The number of pyridine rings is 1. The van der Waals surface area contributed by atoms with Gasteiger partial charge in [0.2, 0.25) is 0 Å². The number of hydrogen-bond donors (Lipinski definition) is 1. The highest BCUT2D eigenvalue weighted by molar-refractivity contribution is 5.81. The van der Waals surface area contributed by atoms with Gasteiger partial charge in [0.1, 0.15) is 5.75 Å². The summed E-state index contributed by atoms with van der Waals surface area (Å²) in [5.74, 6) is 0.656. The zero-order valence-electron chi connectivity index (χ0n) is 11.7. The third-order valence-electron chi connectivity index (χ3n) is 3.16. The molecule has 2 rings (SSSR count). The highest BCUT2D eigenvalue weighted by Gasteiger charge is 2.28. The minimum Gasteiger partial charge on any atom is -0.479 e. The van der Waals surface area contributed by atoms with Gasteiger partial charge >= 0.3 is 0 Å². The lowest BCUT2D eigenvalue weighted by Gasteiger charge is -2.37. The first-order valence-electron chi connectivity index (χ1n) is 6.68. The molecule has 1 aliphatic heterocycles. The van der Waals surface area contributed by atoms with Crippen LogP contribution in [-0.4, -0.2) is 47.1 Å². The van der Waals surface area contributed by atoms with Crippen molar-refractivity contribution in [3.63, 3.8) is 0 Å². The first-order chi connectivity index (χ1) is 9.06. The Labute approximate surface area is 114 Å². The van der Waals surface area contributed by atoms with E-state index in [0.717, 1.165) is 13.1 Å². The maximum Gasteiger partial charge on any atom is 0.263 e. The molecular weight excluding hydrogens is 242 g/mol. The Morgan fingerprint density at radius 1 is 1.47 bits per heavy atom. The summed E-state index contributed by atoms with van der Waals surface area (Å²) < 4.78 is 5.63. The van der Waals surface area contributed by atoms with Gasteiger partial charge in [-0.3, -0.25) is 9.78 Å². The third-order valence-corrected chi connectivity index (χ3v) is 3.16. The Bertz CT molecular complexity index is 414. The number of rotatable bonds is 3. The van der Waals surface area contributed by atoms with Crippen molar-refractivity contribution in [2.45, 2.75) is 39.0 Å². The number of ether oxygens (including phenoxy) is 1. The van der Waals surface area contributed by atoms with Crippen molar-refractivity contribution in [3.8, 4) is 5.75 Å². The van der Waals surface area contributed by atoms with Crippen LogP contribution < -0.4 is 10.1 Å². The molecule has 3 unspecified atom stereocenters. The smallest absolute Gasteiger partial charge is 0.263 e. The summed E-state index contributed by atoms with van der Waals surface area (Å²) in [4.78, 5) is 18.2. The van der Waals surface area contributed by atoms with Gasteiger partial charge in [0, 0.05) is 31.4 Å². The molecule has 0 aromatic carbocycles. The van der Waals surface area contributed by atoms with Crippen LogP contribution in [0.4, 0.5) is 0 Å². The highest BCUT2D eigenvalue weighted by Crippen LogP contribution is 2.12. The molecule has 0 bridgehead atoms. The second kappa shape index (κ2) is 6.02. The number of nitrogens with zero attached hydrogens (tertiary/aromatic N) is 2. The first kappa shape index (κ1) is 13.8. The van der Waals surface area contributed by atoms with Crippen LogP contribution in [-0.2, 0) is 4.79 Å². The first-order valence-corrected chi connectivity index (χ1v) is 6.68. The second-order valence-electron chi connectivity index (χ2n) is 5.16. The van der Waals surface area contributed by atoms with E-state index in [-0.39, 0.29) is 5.91 Å². The fourth-order valence-electron chi connectivity index (χ4n) is 2.44. The van der Waals surface area contributed by atoms with Crippen molar-refractivity contribution in [1.82, 2.24) is 15.2 Å². The number of piperazine rings is 1. The van der Waals surface area contributed by atoms with E-state index in [9.17, 15) is 4.79 Å². The molecule has 0 spiro atoms. The van der Waals surface area contributed by atoms with Gasteiger partial charge in [0.25, 0.3) is 5.91 Å². The molecular formula is C14H21N3O2. The van der Waals surface area contributed by atoms with Crippen LogP contribution >= 0.6 is 0 Å². The van der Waals surface area contributed by atoms with Crippen molar-refractivity contribution < 1.29 is 9.53 Å². The molecule has 0 radical (unpaired) electrons. The molecule has 1 aliphatic rings. The summed E-state index contributed by atoms with van der Waals surface area (Å²) in [7, 11) is 0. The van der Waals surface area contributed by atoms with Crippen LogP contribution in [0.15, 0.2) is 24.5 Å². The second-order valence-corrected chi connectivity index (χ2v) is 5.16. The van der Waals surface area contributed by atoms with Gasteiger partial charge < -0.3 is 15.0 Å². The summed E-state index contributed by atoms with van der Waals surface area (Å²) in [6.07, 6.45) is 2.81. The van der Waals surface area contributed by atoms with Crippen LogP contribution in [0.3, 0.4) is 0 Å². The summed E-state index contributed by atoms with van der Waals surface area (Å²) >= 11 is 0. The predicted molar refractivity (Wildman–Crippen MR) is 73.0 cm³/mol. The molecule has 1 saturated heterocycles. The lowest BCUT2D eigenvalue weighted by Crippen LogP contribution is -2.57. The summed E-state index contributed by atoms with van der Waals surface area (Å²) in [6, 6.07) is 4.23. The molecule has 1 amide bonds. The van der Waals surface area contributed by atoms with Crippen LogP contribution in [0.2, 0.25) is 0 Å². The molecule has 1 N–H and O–H groups in total. The van der Waals surface area contributed by atoms with Crippen molar-refractivity contribution >= 4 is 5.91 Å². The fourth-order valence-corrected chi connectivity index (χ4v) is 2.44. The number of amides is 1. The van der Waals surface area contributed by atoms with Crippen LogP contribution in [0.5, 0.6) is 5.75 Å². The minimum absolute atomic E-state index is 0.0315. The molecule has 2 heterocycles. The molecule has 1 fully saturated rings. The molecule has 0 aliphatic carbocycles. The standard InChI is InChI=1S/C14H21N3O2/c1-10-8-17(9-11(2)16-10)14(18)12(3)19-13-5-4-6-15-7-13/h4-7,10-12,16H,8-9H2,1-3H3.